The van der Waals surface area contributed by atoms with Crippen molar-refractivity contribution in [2.75, 3.05) is 11.0 Å². The van der Waals surface area contributed by atoms with Gasteiger partial charge < -0.3 is 5.32 Å². The van der Waals surface area contributed by atoms with Gasteiger partial charge in [-0.2, -0.15) is 0 Å². The van der Waals surface area contributed by atoms with Crippen molar-refractivity contribution in [3.63, 3.8) is 0 Å². The van der Waals surface area contributed by atoms with Crippen LogP contribution in [0.1, 0.15) is 39.2 Å². The molecule has 23 heavy (non-hydrogen) atoms. The molecule has 1 rings (SSSR count). The number of carbonyl (C=O) groups excluding carboxylic acids is 1. The molecule has 0 fully saturated rings. The molecule has 5 nitrogen and oxygen atoms in total. The molecule has 0 aliphatic rings. The van der Waals surface area contributed by atoms with Crippen molar-refractivity contribution in [3.05, 3.63) is 35.9 Å². The summed E-state index contributed by atoms with van der Waals surface area (Å²) in [5.41, 5.74) is 1.32. The van der Waals surface area contributed by atoms with Crippen LogP contribution in [0.4, 0.5) is 5.69 Å². The minimum absolute atomic E-state index is 0.125. The lowest BCUT2D eigenvalue weighted by Crippen LogP contribution is -2.31. The van der Waals surface area contributed by atoms with Crippen LogP contribution >= 0.6 is 0 Å². The van der Waals surface area contributed by atoms with Gasteiger partial charge in [-0.1, -0.05) is 26.0 Å². The van der Waals surface area contributed by atoms with Gasteiger partial charge in [-0.15, -0.1) is 0 Å². The van der Waals surface area contributed by atoms with Crippen LogP contribution < -0.4 is 10.0 Å². The zero-order valence-electron chi connectivity index (χ0n) is 14.2. The number of hydrogen-bond acceptors (Lipinski definition) is 3. The van der Waals surface area contributed by atoms with E-state index in [0.29, 0.717) is 11.6 Å². The van der Waals surface area contributed by atoms with E-state index in [-0.39, 0.29) is 11.9 Å². The third-order valence-corrected chi connectivity index (χ3v) is 3.81. The number of sulfonamides is 1. The van der Waals surface area contributed by atoms with Crippen LogP contribution in [0, 0.1) is 5.92 Å². The fourth-order valence-corrected chi connectivity index (χ4v) is 2.56. The molecule has 0 saturated carbocycles. The summed E-state index contributed by atoms with van der Waals surface area (Å²) in [6.45, 7) is 6.33. The van der Waals surface area contributed by atoms with Crippen LogP contribution in [0.5, 0.6) is 0 Å². The van der Waals surface area contributed by atoms with Crippen molar-refractivity contribution < 1.29 is 13.2 Å². The standard InChI is InChI=1S/C17H26N2O3S/c1-13(2)5-6-14(3)18-17(20)12-9-15-7-10-16(11-8-15)19-23(4,21)22/h7-14,19H,5-6H2,1-4H3,(H,18,20)/b12-9+. The maximum absolute atomic E-state index is 11.8. The first-order valence-corrected chi connectivity index (χ1v) is 9.61. The molecular weight excluding hydrogens is 312 g/mol. The summed E-state index contributed by atoms with van der Waals surface area (Å²) in [7, 11) is -3.27. The molecule has 0 aliphatic carbocycles. The largest absolute Gasteiger partial charge is 0.350 e. The molecule has 1 atom stereocenters. The summed E-state index contributed by atoms with van der Waals surface area (Å²) < 4.78 is 24.6. The number of nitrogens with one attached hydrogen (secondary N) is 2. The zero-order chi connectivity index (χ0) is 17.5. The van der Waals surface area contributed by atoms with Crippen LogP contribution in [0.25, 0.3) is 6.08 Å². The first-order chi connectivity index (χ1) is 10.7. The summed E-state index contributed by atoms with van der Waals surface area (Å²) in [6, 6.07) is 6.96. The lowest BCUT2D eigenvalue weighted by molar-refractivity contribution is -0.117. The Hall–Kier alpha value is -1.82. The van der Waals surface area contributed by atoms with E-state index >= 15 is 0 Å². The highest BCUT2D eigenvalue weighted by molar-refractivity contribution is 7.92. The Bertz CT molecular complexity index is 634. The summed E-state index contributed by atoms with van der Waals surface area (Å²) in [5.74, 6) is 0.503. The van der Waals surface area contributed by atoms with Gasteiger partial charge in [-0.25, -0.2) is 8.42 Å². The molecule has 2 N–H and O–H groups in total. The van der Waals surface area contributed by atoms with Gasteiger partial charge in [0.2, 0.25) is 15.9 Å². The molecule has 1 aromatic rings. The Morgan fingerprint density at radius 3 is 2.26 bits per heavy atom. The minimum atomic E-state index is -3.27. The predicted molar refractivity (Wildman–Crippen MR) is 95.6 cm³/mol. The molecule has 128 valence electrons. The normalized spacial score (nSPS) is 13.3. The Labute approximate surface area is 139 Å². The van der Waals surface area contributed by atoms with E-state index in [1.54, 1.807) is 30.3 Å². The van der Waals surface area contributed by atoms with E-state index in [4.69, 9.17) is 0 Å². The van der Waals surface area contributed by atoms with Crippen LogP contribution in [0.2, 0.25) is 0 Å². The summed E-state index contributed by atoms with van der Waals surface area (Å²) >= 11 is 0. The SMILES string of the molecule is CC(C)CCC(C)NC(=O)/C=C/c1ccc(NS(C)(=O)=O)cc1. The number of anilines is 1. The second kappa shape index (κ2) is 8.72. The van der Waals surface area contributed by atoms with Gasteiger partial charge in [-0.3, -0.25) is 9.52 Å². The zero-order valence-corrected chi connectivity index (χ0v) is 15.0. The summed E-state index contributed by atoms with van der Waals surface area (Å²) in [4.78, 5) is 11.8. The highest BCUT2D eigenvalue weighted by Gasteiger charge is 2.06. The molecule has 1 amide bonds. The molecular formula is C17H26N2O3S. The molecule has 1 unspecified atom stereocenters. The van der Waals surface area contributed by atoms with Crippen molar-refractivity contribution >= 4 is 27.7 Å². The van der Waals surface area contributed by atoms with E-state index < -0.39 is 10.0 Å². The molecule has 0 spiro atoms. The van der Waals surface area contributed by atoms with Crippen LogP contribution in [-0.4, -0.2) is 26.6 Å². The Balaban J connectivity index is 2.51. The average Bonchev–Trinajstić information content (AvgIpc) is 2.43. The van der Waals surface area contributed by atoms with E-state index in [9.17, 15) is 13.2 Å². The number of hydrogen-bond donors (Lipinski definition) is 2. The quantitative estimate of drug-likeness (QED) is 0.716. The maximum Gasteiger partial charge on any atom is 0.244 e. The summed E-state index contributed by atoms with van der Waals surface area (Å²) in [6.07, 6.45) is 6.34. The number of benzene rings is 1. The van der Waals surface area contributed by atoms with E-state index in [0.717, 1.165) is 24.7 Å². The second-order valence-corrected chi connectivity index (χ2v) is 7.96. The lowest BCUT2D eigenvalue weighted by atomic mass is 10.0. The van der Waals surface area contributed by atoms with E-state index in [1.165, 1.54) is 6.08 Å². The molecule has 0 saturated heterocycles. The lowest BCUT2D eigenvalue weighted by Gasteiger charge is -2.13. The van der Waals surface area contributed by atoms with Crippen LogP contribution in [0.3, 0.4) is 0 Å². The van der Waals surface area contributed by atoms with Crippen LogP contribution in [-0.2, 0) is 14.8 Å². The van der Waals surface area contributed by atoms with Crippen molar-refractivity contribution in [1.82, 2.24) is 5.32 Å². The van der Waals surface area contributed by atoms with Crippen molar-refractivity contribution in [2.45, 2.75) is 39.7 Å². The molecule has 0 aromatic heterocycles. The molecule has 1 aromatic carbocycles. The molecule has 0 aliphatic heterocycles. The molecule has 0 heterocycles. The molecule has 6 heteroatoms. The third kappa shape index (κ3) is 9.03. The monoisotopic (exact) mass is 338 g/mol. The Kier molecular flexibility index (Phi) is 7.29. The highest BCUT2D eigenvalue weighted by Crippen LogP contribution is 2.12. The van der Waals surface area contributed by atoms with Gasteiger partial charge in [0.05, 0.1) is 6.26 Å². The first-order valence-electron chi connectivity index (χ1n) is 7.72. The predicted octanol–water partition coefficient (Wildman–Crippen LogP) is 3.01. The van der Waals surface area contributed by atoms with Gasteiger partial charge in [0.25, 0.3) is 0 Å². The summed E-state index contributed by atoms with van der Waals surface area (Å²) in [5, 5.41) is 2.93. The van der Waals surface area contributed by atoms with Gasteiger partial charge in [0, 0.05) is 17.8 Å². The Morgan fingerprint density at radius 1 is 1.13 bits per heavy atom. The van der Waals surface area contributed by atoms with Gasteiger partial charge in [-0.05, 0) is 49.5 Å². The van der Waals surface area contributed by atoms with Crippen molar-refractivity contribution in [3.8, 4) is 0 Å². The fraction of sp³-hybridized carbons (Fsp3) is 0.471. The minimum Gasteiger partial charge on any atom is -0.350 e. The van der Waals surface area contributed by atoms with Gasteiger partial charge in [0.15, 0.2) is 0 Å². The van der Waals surface area contributed by atoms with Crippen molar-refractivity contribution in [1.29, 1.82) is 0 Å². The topological polar surface area (TPSA) is 75.3 Å². The second-order valence-electron chi connectivity index (χ2n) is 6.21. The highest BCUT2D eigenvalue weighted by atomic mass is 32.2. The van der Waals surface area contributed by atoms with E-state index in [1.807, 2.05) is 6.92 Å². The number of carbonyl (C=O) groups is 1. The van der Waals surface area contributed by atoms with Crippen LogP contribution in [0.15, 0.2) is 30.3 Å². The Morgan fingerprint density at radius 2 is 1.74 bits per heavy atom. The maximum atomic E-state index is 11.8. The van der Waals surface area contributed by atoms with E-state index in [2.05, 4.69) is 23.9 Å². The molecule has 0 bridgehead atoms. The fourth-order valence-electron chi connectivity index (χ4n) is 1.99. The third-order valence-electron chi connectivity index (χ3n) is 3.21. The number of amides is 1. The molecule has 0 radical (unpaired) electrons. The van der Waals surface area contributed by atoms with Gasteiger partial charge in [0.1, 0.15) is 0 Å². The van der Waals surface area contributed by atoms with Crippen molar-refractivity contribution in [2.24, 2.45) is 5.92 Å². The van der Waals surface area contributed by atoms with Gasteiger partial charge >= 0.3 is 0 Å². The first kappa shape index (κ1) is 19.2. The smallest absolute Gasteiger partial charge is 0.244 e. The average molecular weight is 338 g/mol. The number of rotatable bonds is 8.